The molecule has 0 bridgehead atoms. The summed E-state index contributed by atoms with van der Waals surface area (Å²) in [5, 5.41) is 0. The van der Waals surface area contributed by atoms with Crippen LogP contribution in [-0.2, 0) is 20.9 Å². The highest BCUT2D eigenvalue weighted by Gasteiger charge is 2.43. The molecule has 41 heavy (non-hydrogen) atoms. The molecule has 2 atom stereocenters. The Morgan fingerprint density at radius 3 is 2.54 bits per heavy atom. The van der Waals surface area contributed by atoms with Gasteiger partial charge < -0.3 is 4.74 Å². The van der Waals surface area contributed by atoms with Gasteiger partial charge in [-0.15, -0.1) is 4.59 Å². The molecule has 0 amide bonds. The largest absolute Gasteiger partial charge is 0.489 e. The van der Waals surface area contributed by atoms with E-state index in [4.69, 9.17) is 19.8 Å². The van der Waals surface area contributed by atoms with Crippen LogP contribution in [-0.4, -0.2) is 31.7 Å². The Labute approximate surface area is 241 Å². The molecule has 0 aliphatic carbocycles. The molecule has 2 N–H and O–H groups in total. The number of allylic oxidation sites excluding steroid dienone is 2. The van der Waals surface area contributed by atoms with Crippen LogP contribution < -0.4 is 10.6 Å². The Balaban J connectivity index is 1.29. The molecule has 9 heteroatoms. The lowest BCUT2D eigenvalue weighted by Gasteiger charge is -2.26. The molecule has 0 radical (unpaired) electrons. The summed E-state index contributed by atoms with van der Waals surface area (Å²) in [6.45, 7) is 4.50. The minimum Gasteiger partial charge on any atom is -0.489 e. The summed E-state index contributed by atoms with van der Waals surface area (Å²) >= 11 is 0. The number of rotatable bonds is 12. The summed E-state index contributed by atoms with van der Waals surface area (Å²) in [5.74, 6) is 8.32. The van der Waals surface area contributed by atoms with E-state index in [1.54, 1.807) is 36.7 Å². The second kappa shape index (κ2) is 12.3. The van der Waals surface area contributed by atoms with Gasteiger partial charge in [-0.05, 0) is 61.6 Å². The summed E-state index contributed by atoms with van der Waals surface area (Å²) in [6, 6.07) is 24.5. The number of fused-ring (bicyclic) bond motifs is 1. The number of aryl methyl sites for hydroxylation is 1. The van der Waals surface area contributed by atoms with Crippen LogP contribution in [0.5, 0.6) is 5.75 Å². The van der Waals surface area contributed by atoms with Crippen LogP contribution in [0.15, 0.2) is 118 Å². The van der Waals surface area contributed by atoms with E-state index in [0.29, 0.717) is 25.3 Å². The average molecular weight is 572 g/mol. The van der Waals surface area contributed by atoms with Gasteiger partial charge in [-0.25, -0.2) is 0 Å². The van der Waals surface area contributed by atoms with Gasteiger partial charge in [0.2, 0.25) is 5.70 Å². The third-order valence-corrected chi connectivity index (χ3v) is 8.64. The Kier molecular flexibility index (Phi) is 8.60. The standard InChI is InChI=1S/C32H35N4O4S/c1-3-25(23-40-41(37,38)29-15-12-24(2)13-16-29)14-17-30-31-21-34-18-19-36(31,33)32(35-30)27-10-7-11-28(20-27)39-22-26-8-5-4-6-9-26/h4-13,15-16,18-21,25H,3,14,17,22-23,33H2,1-2H3/q+1. The molecule has 2 heterocycles. The number of quaternary nitrogens is 1. The van der Waals surface area contributed by atoms with E-state index in [2.05, 4.69) is 4.99 Å². The van der Waals surface area contributed by atoms with Gasteiger partial charge >= 0.3 is 0 Å². The smallest absolute Gasteiger partial charge is 0.296 e. The second-order valence-electron chi connectivity index (χ2n) is 10.3. The van der Waals surface area contributed by atoms with Crippen LogP contribution in [0.1, 0.15) is 42.9 Å². The number of nitrogens with zero attached hydrogens (tertiary/aromatic N) is 3. The molecule has 8 nitrogen and oxygen atoms in total. The quantitative estimate of drug-likeness (QED) is 0.163. The number of amidine groups is 1. The van der Waals surface area contributed by atoms with Gasteiger partial charge in [0.15, 0.2) is 0 Å². The van der Waals surface area contributed by atoms with Crippen molar-refractivity contribution in [2.75, 3.05) is 6.61 Å². The monoisotopic (exact) mass is 571 g/mol. The van der Waals surface area contributed by atoms with Crippen molar-refractivity contribution in [2.45, 2.75) is 44.6 Å². The zero-order chi connectivity index (χ0) is 28.9. The van der Waals surface area contributed by atoms with Crippen molar-refractivity contribution < 1.29 is 21.9 Å². The minimum absolute atomic E-state index is 0.0213. The molecule has 0 saturated heterocycles. The first-order chi connectivity index (χ1) is 19.8. The van der Waals surface area contributed by atoms with E-state index in [1.165, 1.54) is 0 Å². The van der Waals surface area contributed by atoms with E-state index < -0.39 is 10.1 Å². The van der Waals surface area contributed by atoms with Gasteiger partial charge in [0.1, 0.15) is 24.3 Å². The maximum Gasteiger partial charge on any atom is 0.296 e. The number of benzene rings is 3. The highest BCUT2D eigenvalue weighted by atomic mass is 32.2. The first kappa shape index (κ1) is 28.6. The van der Waals surface area contributed by atoms with Crippen molar-refractivity contribution >= 4 is 22.2 Å². The normalized spacial score (nSPS) is 18.8. The second-order valence-corrected chi connectivity index (χ2v) is 11.9. The van der Waals surface area contributed by atoms with Crippen LogP contribution in [0.2, 0.25) is 0 Å². The molecule has 212 valence electrons. The Morgan fingerprint density at radius 1 is 1.00 bits per heavy atom. The van der Waals surface area contributed by atoms with Gasteiger partial charge in [-0.3, -0.25) is 9.18 Å². The van der Waals surface area contributed by atoms with Crippen molar-refractivity contribution in [1.82, 2.24) is 0 Å². The fourth-order valence-corrected chi connectivity index (χ4v) is 5.78. The highest BCUT2D eigenvalue weighted by Crippen LogP contribution is 2.34. The average Bonchev–Trinajstić information content (AvgIpc) is 3.29. The van der Waals surface area contributed by atoms with Gasteiger partial charge in [0.25, 0.3) is 16.0 Å². The van der Waals surface area contributed by atoms with Crippen molar-refractivity contribution in [2.24, 2.45) is 21.7 Å². The lowest BCUT2D eigenvalue weighted by atomic mass is 10.00. The third-order valence-electron chi connectivity index (χ3n) is 7.35. The van der Waals surface area contributed by atoms with Crippen molar-refractivity contribution in [3.8, 4) is 5.75 Å². The Bertz CT molecular complexity index is 1610. The predicted molar refractivity (Wildman–Crippen MR) is 160 cm³/mol. The van der Waals surface area contributed by atoms with E-state index in [-0.39, 0.29) is 22.0 Å². The van der Waals surface area contributed by atoms with Crippen molar-refractivity contribution in [3.63, 3.8) is 0 Å². The summed E-state index contributed by atoms with van der Waals surface area (Å²) in [5.41, 5.74) is 4.54. The van der Waals surface area contributed by atoms with Crippen molar-refractivity contribution in [3.05, 3.63) is 119 Å². The number of nitrogens with two attached hydrogens (primary N) is 1. The molecule has 0 saturated carbocycles. The zero-order valence-corrected chi connectivity index (χ0v) is 24.1. The molecule has 0 aromatic heterocycles. The van der Waals surface area contributed by atoms with Crippen LogP contribution in [0, 0.1) is 12.8 Å². The SMILES string of the molecule is CCC(CCC1=C2C=NC=C[N+]2(N)C(c2cccc(OCc3ccccc3)c2)=N1)COS(=O)(=O)c1ccc(C)cc1. The highest BCUT2D eigenvalue weighted by molar-refractivity contribution is 7.86. The summed E-state index contributed by atoms with van der Waals surface area (Å²) in [6.07, 6.45) is 7.30. The molecule has 2 aliphatic heterocycles. The van der Waals surface area contributed by atoms with Crippen LogP contribution in [0.25, 0.3) is 0 Å². The topological polar surface area (TPSA) is 103 Å². The van der Waals surface area contributed by atoms with Gasteiger partial charge in [0, 0.05) is 0 Å². The molecule has 0 spiro atoms. The Morgan fingerprint density at radius 2 is 1.78 bits per heavy atom. The molecule has 2 aliphatic rings. The van der Waals surface area contributed by atoms with E-state index in [9.17, 15) is 8.42 Å². The zero-order valence-electron chi connectivity index (χ0n) is 23.3. The van der Waals surface area contributed by atoms with Crippen molar-refractivity contribution in [1.29, 1.82) is 0 Å². The first-order valence-electron chi connectivity index (χ1n) is 13.7. The molecule has 2 unspecified atom stereocenters. The predicted octanol–water partition coefficient (Wildman–Crippen LogP) is 6.00. The van der Waals surface area contributed by atoms with Gasteiger partial charge in [-0.2, -0.15) is 19.3 Å². The molecule has 3 aromatic rings. The number of aliphatic imine (C=N–C) groups is 2. The maximum atomic E-state index is 12.7. The lowest BCUT2D eigenvalue weighted by Crippen LogP contribution is -2.53. The number of hydrogen-bond donors (Lipinski definition) is 1. The summed E-state index contributed by atoms with van der Waals surface area (Å²) in [7, 11) is -3.82. The maximum absolute atomic E-state index is 12.7. The number of hydrogen-bond acceptors (Lipinski definition) is 7. The molecular formula is C32H35N4O4S+. The van der Waals surface area contributed by atoms with E-state index >= 15 is 0 Å². The minimum atomic E-state index is -3.82. The van der Waals surface area contributed by atoms with Gasteiger partial charge in [0.05, 0.1) is 29.5 Å². The summed E-state index contributed by atoms with van der Waals surface area (Å²) < 4.78 is 36.8. The fourth-order valence-electron chi connectivity index (χ4n) is 4.81. The van der Waals surface area contributed by atoms with E-state index in [0.717, 1.165) is 40.3 Å². The van der Waals surface area contributed by atoms with Crippen LogP contribution in [0.4, 0.5) is 0 Å². The molecule has 5 rings (SSSR count). The summed E-state index contributed by atoms with van der Waals surface area (Å²) in [4.78, 5) is 9.47. The molecule has 0 fully saturated rings. The Hall–Kier alpha value is -3.89. The first-order valence-corrected chi connectivity index (χ1v) is 15.1. The molecule has 3 aromatic carbocycles. The third kappa shape index (κ3) is 6.55. The lowest BCUT2D eigenvalue weighted by molar-refractivity contribution is -0.750. The van der Waals surface area contributed by atoms with Crippen LogP contribution in [0.3, 0.4) is 0 Å². The number of ether oxygens (including phenoxy) is 1. The van der Waals surface area contributed by atoms with Gasteiger partial charge in [-0.1, -0.05) is 67.4 Å². The fraction of sp³-hybridized carbons (Fsp3) is 0.250. The molecular weight excluding hydrogens is 536 g/mol. The van der Waals surface area contributed by atoms with E-state index in [1.807, 2.05) is 74.6 Å². The van der Waals surface area contributed by atoms with Crippen LogP contribution >= 0.6 is 0 Å².